The van der Waals surface area contributed by atoms with Crippen LogP contribution < -0.4 is 10.6 Å². The summed E-state index contributed by atoms with van der Waals surface area (Å²) in [4.78, 5) is 28.6. The Kier molecular flexibility index (Phi) is 9.82. The highest BCUT2D eigenvalue weighted by atomic mass is 16.2. The first-order valence-electron chi connectivity index (χ1n) is 14.4. The minimum Gasteiger partial charge on any atom is -0.315 e. The average Bonchev–Trinajstić information content (AvgIpc) is 3.29. The van der Waals surface area contributed by atoms with Gasteiger partial charge in [-0.25, -0.2) is 9.48 Å². The second-order valence-corrected chi connectivity index (χ2v) is 12.3. The standard InChI is InChI=1S/C33H47N5O2/c1-11-18-37(32(40)35-31-25(21(2)3)15-13-16-26(31)22(4)5)20-30(39)34-29-19-28(33(8,9)10)36-38(29)27-17-12-14-23(6)24(27)7/h12-17,19,21-22H,11,18,20H2,1-10H3,(H,34,39)(H,35,40). The van der Waals surface area contributed by atoms with E-state index in [9.17, 15) is 9.59 Å². The summed E-state index contributed by atoms with van der Waals surface area (Å²) in [6.45, 7) is 21.3. The zero-order valence-electron chi connectivity index (χ0n) is 26.0. The molecule has 3 amide bonds. The summed E-state index contributed by atoms with van der Waals surface area (Å²) >= 11 is 0. The predicted molar refractivity (Wildman–Crippen MR) is 166 cm³/mol. The van der Waals surface area contributed by atoms with E-state index in [1.807, 2.05) is 31.2 Å². The monoisotopic (exact) mass is 545 g/mol. The van der Waals surface area contributed by atoms with E-state index in [0.717, 1.165) is 45.7 Å². The Morgan fingerprint density at radius 1 is 0.950 bits per heavy atom. The Morgan fingerprint density at radius 3 is 2.10 bits per heavy atom. The number of aryl methyl sites for hydroxylation is 1. The minimum absolute atomic E-state index is 0.0661. The SMILES string of the molecule is CCCN(CC(=O)Nc1cc(C(C)(C)C)nn1-c1cccc(C)c1C)C(=O)Nc1c(C(C)C)cccc1C(C)C. The number of hydrogen-bond acceptors (Lipinski definition) is 3. The molecular formula is C33H47N5O2. The van der Waals surface area contributed by atoms with Crippen LogP contribution in [0.3, 0.4) is 0 Å². The average molecular weight is 546 g/mol. The summed E-state index contributed by atoms with van der Waals surface area (Å²) in [5.74, 6) is 0.822. The molecule has 216 valence electrons. The third-order valence-electron chi connectivity index (χ3n) is 7.27. The van der Waals surface area contributed by atoms with Gasteiger partial charge in [-0.2, -0.15) is 5.10 Å². The normalized spacial score (nSPS) is 11.7. The molecule has 40 heavy (non-hydrogen) atoms. The van der Waals surface area contributed by atoms with E-state index in [1.165, 1.54) is 0 Å². The van der Waals surface area contributed by atoms with Gasteiger partial charge in [0.2, 0.25) is 5.91 Å². The highest BCUT2D eigenvalue weighted by Gasteiger charge is 2.25. The Balaban J connectivity index is 1.89. The molecule has 0 spiro atoms. The van der Waals surface area contributed by atoms with Crippen LogP contribution in [0.4, 0.5) is 16.3 Å². The second-order valence-electron chi connectivity index (χ2n) is 12.3. The fourth-order valence-electron chi connectivity index (χ4n) is 4.74. The van der Waals surface area contributed by atoms with Gasteiger partial charge in [0.1, 0.15) is 12.4 Å². The Labute approximate surface area is 240 Å². The number of carbonyl (C=O) groups excluding carboxylic acids is 2. The number of nitrogens with zero attached hydrogens (tertiary/aromatic N) is 3. The fourth-order valence-corrected chi connectivity index (χ4v) is 4.74. The van der Waals surface area contributed by atoms with Crippen molar-refractivity contribution in [3.63, 3.8) is 0 Å². The number of anilines is 2. The first-order valence-corrected chi connectivity index (χ1v) is 14.4. The van der Waals surface area contributed by atoms with Crippen LogP contribution in [-0.4, -0.2) is 39.7 Å². The van der Waals surface area contributed by atoms with Crippen molar-refractivity contribution in [1.82, 2.24) is 14.7 Å². The molecule has 0 aliphatic heterocycles. The van der Waals surface area contributed by atoms with Gasteiger partial charge in [0.25, 0.3) is 0 Å². The van der Waals surface area contributed by atoms with Gasteiger partial charge >= 0.3 is 6.03 Å². The summed E-state index contributed by atoms with van der Waals surface area (Å²) in [7, 11) is 0. The molecule has 0 bridgehead atoms. The van der Waals surface area contributed by atoms with Crippen LogP contribution in [0, 0.1) is 13.8 Å². The lowest BCUT2D eigenvalue weighted by molar-refractivity contribution is -0.116. The van der Waals surface area contributed by atoms with Crippen molar-refractivity contribution in [3.8, 4) is 5.69 Å². The van der Waals surface area contributed by atoms with Gasteiger partial charge in [0.15, 0.2) is 0 Å². The number of carbonyl (C=O) groups is 2. The highest BCUT2D eigenvalue weighted by molar-refractivity contribution is 5.97. The molecule has 7 nitrogen and oxygen atoms in total. The minimum atomic E-state index is -0.273. The molecule has 0 aliphatic carbocycles. The number of benzene rings is 2. The lowest BCUT2D eigenvalue weighted by Crippen LogP contribution is -2.41. The molecule has 0 saturated carbocycles. The quantitative estimate of drug-likeness (QED) is 0.287. The third-order valence-corrected chi connectivity index (χ3v) is 7.27. The van der Waals surface area contributed by atoms with Crippen LogP contribution in [0.5, 0.6) is 0 Å². The summed E-state index contributed by atoms with van der Waals surface area (Å²) < 4.78 is 1.80. The molecular weight excluding hydrogens is 498 g/mol. The fraction of sp³-hybridized carbons (Fsp3) is 0.485. The maximum Gasteiger partial charge on any atom is 0.322 e. The maximum absolute atomic E-state index is 13.6. The molecule has 3 aromatic rings. The van der Waals surface area contributed by atoms with Crippen LogP contribution in [-0.2, 0) is 10.2 Å². The Bertz CT molecular complexity index is 1320. The molecule has 0 saturated heterocycles. The van der Waals surface area contributed by atoms with E-state index in [-0.39, 0.29) is 35.7 Å². The molecule has 3 rings (SSSR count). The van der Waals surface area contributed by atoms with Crippen LogP contribution in [0.15, 0.2) is 42.5 Å². The van der Waals surface area contributed by atoms with Gasteiger partial charge in [-0.1, -0.05) is 85.7 Å². The van der Waals surface area contributed by atoms with Crippen LogP contribution in [0.1, 0.15) is 102 Å². The van der Waals surface area contributed by atoms with Gasteiger partial charge < -0.3 is 15.5 Å². The number of aromatic nitrogens is 2. The smallest absolute Gasteiger partial charge is 0.315 e. The van der Waals surface area contributed by atoms with Crippen LogP contribution >= 0.6 is 0 Å². The van der Waals surface area contributed by atoms with Crippen molar-refractivity contribution in [1.29, 1.82) is 0 Å². The van der Waals surface area contributed by atoms with E-state index in [4.69, 9.17) is 5.10 Å². The number of urea groups is 1. The lowest BCUT2D eigenvalue weighted by Gasteiger charge is -2.25. The van der Waals surface area contributed by atoms with Crippen LogP contribution in [0.2, 0.25) is 0 Å². The van der Waals surface area contributed by atoms with Gasteiger partial charge in [-0.05, 0) is 60.4 Å². The van der Waals surface area contributed by atoms with Crippen molar-refractivity contribution < 1.29 is 9.59 Å². The first-order chi connectivity index (χ1) is 18.7. The maximum atomic E-state index is 13.6. The topological polar surface area (TPSA) is 79.3 Å². The molecule has 1 aromatic heterocycles. The predicted octanol–water partition coefficient (Wildman–Crippen LogP) is 7.92. The Morgan fingerprint density at radius 2 is 1.55 bits per heavy atom. The van der Waals surface area contributed by atoms with E-state index >= 15 is 0 Å². The lowest BCUT2D eigenvalue weighted by atomic mass is 9.92. The van der Waals surface area contributed by atoms with Crippen molar-refractivity contribution in [2.24, 2.45) is 0 Å². The molecule has 2 N–H and O–H groups in total. The zero-order valence-corrected chi connectivity index (χ0v) is 26.0. The number of hydrogen-bond donors (Lipinski definition) is 2. The van der Waals surface area contributed by atoms with Crippen molar-refractivity contribution in [3.05, 3.63) is 70.4 Å². The summed E-state index contributed by atoms with van der Waals surface area (Å²) in [5.41, 5.74) is 6.86. The molecule has 0 atom stereocenters. The van der Waals surface area contributed by atoms with E-state index in [2.05, 4.69) is 91.1 Å². The molecule has 0 radical (unpaired) electrons. The molecule has 0 fully saturated rings. The van der Waals surface area contributed by atoms with E-state index in [1.54, 1.807) is 9.58 Å². The molecule has 0 aliphatic rings. The second kappa shape index (κ2) is 12.7. The van der Waals surface area contributed by atoms with Crippen LogP contribution in [0.25, 0.3) is 5.69 Å². The molecule has 0 unspecified atom stereocenters. The molecule has 7 heteroatoms. The van der Waals surface area contributed by atoms with E-state index < -0.39 is 0 Å². The number of amides is 3. The number of para-hydroxylation sites is 1. The van der Waals surface area contributed by atoms with Gasteiger partial charge in [0.05, 0.1) is 11.4 Å². The highest BCUT2D eigenvalue weighted by Crippen LogP contribution is 2.33. The molecule has 1 heterocycles. The zero-order chi connectivity index (χ0) is 29.8. The third kappa shape index (κ3) is 7.12. The van der Waals surface area contributed by atoms with Gasteiger partial charge in [0, 0.05) is 23.7 Å². The first kappa shape index (κ1) is 30.9. The van der Waals surface area contributed by atoms with E-state index in [0.29, 0.717) is 12.4 Å². The van der Waals surface area contributed by atoms with Gasteiger partial charge in [-0.15, -0.1) is 0 Å². The summed E-state index contributed by atoms with van der Waals surface area (Å²) in [6.07, 6.45) is 0.734. The van der Waals surface area contributed by atoms with Crippen molar-refractivity contribution in [2.45, 2.75) is 92.9 Å². The summed E-state index contributed by atoms with van der Waals surface area (Å²) in [5, 5.41) is 11.1. The Hall–Kier alpha value is -3.61. The largest absolute Gasteiger partial charge is 0.322 e. The van der Waals surface area contributed by atoms with Gasteiger partial charge in [-0.3, -0.25) is 4.79 Å². The van der Waals surface area contributed by atoms with Crippen molar-refractivity contribution >= 4 is 23.4 Å². The molecule has 2 aromatic carbocycles. The summed E-state index contributed by atoms with van der Waals surface area (Å²) in [6, 6.07) is 13.9. The number of rotatable bonds is 9. The number of nitrogens with one attached hydrogen (secondary N) is 2. The van der Waals surface area contributed by atoms with Crippen molar-refractivity contribution in [2.75, 3.05) is 23.7 Å².